The van der Waals surface area contributed by atoms with Crippen molar-refractivity contribution in [1.82, 2.24) is 10.3 Å². The Labute approximate surface area is 143 Å². The van der Waals surface area contributed by atoms with Gasteiger partial charge < -0.3 is 5.32 Å². The van der Waals surface area contributed by atoms with Gasteiger partial charge in [-0.2, -0.15) is 0 Å². The minimum Gasteiger partial charge on any atom is -0.312 e. The fourth-order valence-corrected chi connectivity index (χ4v) is 3.12. The second kappa shape index (κ2) is 8.18. The standard InChI is InChI=1S/C16H18BrClN2S/c1-11(2)8-19-9-12-3-5-14(7-15(12)18)21-16-6-4-13(17)10-20-16/h3-7,10-11,19H,8-9H2,1-2H3. The molecule has 0 aliphatic rings. The van der Waals surface area contributed by atoms with Gasteiger partial charge in [-0.25, -0.2) is 4.98 Å². The van der Waals surface area contributed by atoms with Crippen LogP contribution in [0.2, 0.25) is 5.02 Å². The molecule has 0 amide bonds. The summed E-state index contributed by atoms with van der Waals surface area (Å²) < 4.78 is 0.983. The molecule has 0 saturated carbocycles. The number of rotatable bonds is 6. The Kier molecular flexibility index (Phi) is 6.55. The molecule has 0 atom stereocenters. The van der Waals surface area contributed by atoms with Gasteiger partial charge in [-0.15, -0.1) is 0 Å². The molecular formula is C16H18BrClN2S. The summed E-state index contributed by atoms with van der Waals surface area (Å²) in [6.45, 7) is 6.19. The molecule has 2 aromatic rings. The van der Waals surface area contributed by atoms with Crippen molar-refractivity contribution in [2.45, 2.75) is 30.3 Å². The maximum atomic E-state index is 6.35. The van der Waals surface area contributed by atoms with Crippen LogP contribution in [0, 0.1) is 5.92 Å². The van der Waals surface area contributed by atoms with Crippen LogP contribution in [0.25, 0.3) is 0 Å². The summed E-state index contributed by atoms with van der Waals surface area (Å²) in [4.78, 5) is 5.45. The van der Waals surface area contributed by atoms with Gasteiger partial charge in [-0.05, 0) is 58.2 Å². The average Bonchev–Trinajstić information content (AvgIpc) is 2.43. The van der Waals surface area contributed by atoms with Crippen molar-refractivity contribution >= 4 is 39.3 Å². The van der Waals surface area contributed by atoms with Crippen LogP contribution in [0.3, 0.4) is 0 Å². The highest BCUT2D eigenvalue weighted by molar-refractivity contribution is 9.10. The lowest BCUT2D eigenvalue weighted by molar-refractivity contribution is 0.552. The summed E-state index contributed by atoms with van der Waals surface area (Å²) >= 11 is 11.4. The molecule has 0 unspecified atom stereocenters. The lowest BCUT2D eigenvalue weighted by Gasteiger charge is -2.10. The summed E-state index contributed by atoms with van der Waals surface area (Å²) in [6.07, 6.45) is 1.80. The van der Waals surface area contributed by atoms with E-state index < -0.39 is 0 Å². The van der Waals surface area contributed by atoms with Gasteiger partial charge in [-0.1, -0.05) is 43.3 Å². The molecule has 2 rings (SSSR count). The molecule has 1 aromatic carbocycles. The molecule has 0 radical (unpaired) electrons. The first-order chi connectivity index (χ1) is 10.0. The number of benzene rings is 1. The van der Waals surface area contributed by atoms with Crippen LogP contribution in [-0.4, -0.2) is 11.5 Å². The molecule has 112 valence electrons. The average molecular weight is 386 g/mol. The lowest BCUT2D eigenvalue weighted by atomic mass is 10.2. The van der Waals surface area contributed by atoms with E-state index in [1.807, 2.05) is 18.2 Å². The zero-order valence-corrected chi connectivity index (χ0v) is 15.2. The third-order valence-electron chi connectivity index (χ3n) is 2.82. The van der Waals surface area contributed by atoms with Gasteiger partial charge in [0.05, 0.1) is 0 Å². The first-order valence-electron chi connectivity index (χ1n) is 6.83. The van der Waals surface area contributed by atoms with Crippen molar-refractivity contribution in [2.75, 3.05) is 6.54 Å². The molecule has 2 nitrogen and oxygen atoms in total. The molecule has 0 aliphatic carbocycles. The van der Waals surface area contributed by atoms with Gasteiger partial charge in [0, 0.05) is 27.1 Å². The molecule has 1 heterocycles. The minimum atomic E-state index is 0.641. The van der Waals surface area contributed by atoms with E-state index in [9.17, 15) is 0 Å². The molecule has 0 bridgehead atoms. The monoisotopic (exact) mass is 384 g/mol. The smallest absolute Gasteiger partial charge is 0.101 e. The Bertz CT molecular complexity index is 587. The lowest BCUT2D eigenvalue weighted by Crippen LogP contribution is -2.19. The Morgan fingerprint density at radius 1 is 1.29 bits per heavy atom. The molecule has 0 fully saturated rings. The van der Waals surface area contributed by atoms with Gasteiger partial charge >= 0.3 is 0 Å². The highest BCUT2D eigenvalue weighted by Crippen LogP contribution is 2.30. The second-order valence-electron chi connectivity index (χ2n) is 5.19. The SMILES string of the molecule is CC(C)CNCc1ccc(Sc2ccc(Br)cn2)cc1Cl. The van der Waals surface area contributed by atoms with Crippen molar-refractivity contribution in [3.8, 4) is 0 Å². The molecule has 0 spiro atoms. The topological polar surface area (TPSA) is 24.9 Å². The molecule has 1 N–H and O–H groups in total. The quantitative estimate of drug-likeness (QED) is 0.721. The second-order valence-corrected chi connectivity index (χ2v) is 7.61. The number of pyridine rings is 1. The molecule has 5 heteroatoms. The van der Waals surface area contributed by atoms with Gasteiger partial charge in [0.15, 0.2) is 0 Å². The molecule has 0 saturated heterocycles. The van der Waals surface area contributed by atoms with Crippen molar-refractivity contribution in [2.24, 2.45) is 5.92 Å². The largest absolute Gasteiger partial charge is 0.312 e. The Balaban J connectivity index is 1.99. The minimum absolute atomic E-state index is 0.641. The Hall–Kier alpha value is -0.550. The van der Waals surface area contributed by atoms with Crippen molar-refractivity contribution < 1.29 is 0 Å². The number of halogens is 2. The van der Waals surface area contributed by atoms with E-state index in [4.69, 9.17) is 11.6 Å². The third-order valence-corrected chi connectivity index (χ3v) is 4.58. The van der Waals surface area contributed by atoms with Crippen LogP contribution < -0.4 is 5.32 Å². The van der Waals surface area contributed by atoms with Gasteiger partial charge in [0.25, 0.3) is 0 Å². The fraction of sp³-hybridized carbons (Fsp3) is 0.312. The van der Waals surface area contributed by atoms with E-state index in [0.29, 0.717) is 5.92 Å². The highest BCUT2D eigenvalue weighted by atomic mass is 79.9. The Morgan fingerprint density at radius 2 is 2.10 bits per heavy atom. The van der Waals surface area contributed by atoms with E-state index >= 15 is 0 Å². The zero-order chi connectivity index (χ0) is 15.2. The molecular weight excluding hydrogens is 368 g/mol. The number of aromatic nitrogens is 1. The molecule has 0 aliphatic heterocycles. The number of nitrogens with one attached hydrogen (secondary N) is 1. The summed E-state index contributed by atoms with van der Waals surface area (Å²) in [5.74, 6) is 0.641. The molecule has 21 heavy (non-hydrogen) atoms. The third kappa shape index (κ3) is 5.62. The summed E-state index contributed by atoms with van der Waals surface area (Å²) in [5.41, 5.74) is 1.13. The van der Waals surface area contributed by atoms with Crippen LogP contribution in [0.4, 0.5) is 0 Å². The van der Waals surface area contributed by atoms with E-state index in [2.05, 4.69) is 52.2 Å². The van der Waals surface area contributed by atoms with Gasteiger partial charge in [0.2, 0.25) is 0 Å². The summed E-state index contributed by atoms with van der Waals surface area (Å²) in [7, 11) is 0. The zero-order valence-electron chi connectivity index (χ0n) is 12.1. The van der Waals surface area contributed by atoms with Crippen LogP contribution in [0.15, 0.2) is 50.9 Å². The van der Waals surface area contributed by atoms with Gasteiger partial charge in [-0.3, -0.25) is 0 Å². The maximum Gasteiger partial charge on any atom is 0.101 e. The van der Waals surface area contributed by atoms with Gasteiger partial charge in [0.1, 0.15) is 5.03 Å². The van der Waals surface area contributed by atoms with Crippen LogP contribution in [0.5, 0.6) is 0 Å². The first kappa shape index (κ1) is 16.8. The van der Waals surface area contributed by atoms with E-state index in [1.54, 1.807) is 18.0 Å². The molecule has 1 aromatic heterocycles. The van der Waals surface area contributed by atoms with Crippen molar-refractivity contribution in [3.63, 3.8) is 0 Å². The van der Waals surface area contributed by atoms with Crippen LogP contribution in [0.1, 0.15) is 19.4 Å². The normalized spacial score (nSPS) is 11.1. The number of hydrogen-bond donors (Lipinski definition) is 1. The van der Waals surface area contributed by atoms with Crippen LogP contribution in [-0.2, 0) is 6.54 Å². The van der Waals surface area contributed by atoms with Crippen molar-refractivity contribution in [1.29, 1.82) is 0 Å². The Morgan fingerprint density at radius 3 is 2.71 bits per heavy atom. The summed E-state index contributed by atoms with van der Waals surface area (Å²) in [6, 6.07) is 10.1. The summed E-state index contributed by atoms with van der Waals surface area (Å²) in [5, 5.41) is 5.17. The highest BCUT2D eigenvalue weighted by Gasteiger charge is 2.05. The maximum absolute atomic E-state index is 6.35. The van der Waals surface area contributed by atoms with E-state index in [-0.39, 0.29) is 0 Å². The van der Waals surface area contributed by atoms with Crippen LogP contribution >= 0.6 is 39.3 Å². The first-order valence-corrected chi connectivity index (χ1v) is 8.82. The predicted octanol–water partition coefficient (Wildman–Crippen LogP) is 5.39. The fourth-order valence-electron chi connectivity index (χ4n) is 1.77. The van der Waals surface area contributed by atoms with Crippen molar-refractivity contribution in [3.05, 3.63) is 51.6 Å². The number of nitrogens with zero attached hydrogens (tertiary/aromatic N) is 1. The predicted molar refractivity (Wildman–Crippen MR) is 94.1 cm³/mol. The van der Waals surface area contributed by atoms with E-state index in [1.165, 1.54) is 0 Å². The van der Waals surface area contributed by atoms with E-state index in [0.717, 1.165) is 38.1 Å². The number of hydrogen-bond acceptors (Lipinski definition) is 3.